The molecular formula is C25H30N4O7. The number of nitrogens with zero attached hydrogens (tertiary/aromatic N) is 3. The third kappa shape index (κ3) is 5.12. The van der Waals surface area contributed by atoms with E-state index in [1.165, 1.54) is 10.9 Å². The number of methoxy groups -OCH3 is 2. The van der Waals surface area contributed by atoms with Crippen LogP contribution in [0.3, 0.4) is 0 Å². The summed E-state index contributed by atoms with van der Waals surface area (Å²) in [6.45, 7) is 1.97. The second kappa shape index (κ2) is 10.5. The Labute approximate surface area is 207 Å². The molecule has 36 heavy (non-hydrogen) atoms. The summed E-state index contributed by atoms with van der Waals surface area (Å²) in [4.78, 5) is 27.6. The van der Waals surface area contributed by atoms with E-state index in [2.05, 4.69) is 10.1 Å². The van der Waals surface area contributed by atoms with Crippen LogP contribution in [0.1, 0.15) is 63.8 Å². The van der Waals surface area contributed by atoms with Crippen LogP contribution >= 0.6 is 0 Å². The maximum absolute atomic E-state index is 11.8. The van der Waals surface area contributed by atoms with Gasteiger partial charge in [0, 0.05) is 5.56 Å². The Bertz CT molecular complexity index is 1260. The van der Waals surface area contributed by atoms with Gasteiger partial charge in [-0.1, -0.05) is 12.8 Å². The average Bonchev–Trinajstić information content (AvgIpc) is 3.51. The van der Waals surface area contributed by atoms with Gasteiger partial charge in [0.1, 0.15) is 40.4 Å². The van der Waals surface area contributed by atoms with Gasteiger partial charge in [-0.3, -0.25) is 9.48 Å². The van der Waals surface area contributed by atoms with Gasteiger partial charge >= 0.3 is 5.97 Å². The summed E-state index contributed by atoms with van der Waals surface area (Å²) in [5.41, 5.74) is 6.64. The molecule has 0 saturated heterocycles. The lowest BCUT2D eigenvalue weighted by Gasteiger charge is -2.27. The third-order valence-electron chi connectivity index (χ3n) is 6.51. The minimum absolute atomic E-state index is 0.0157. The number of aliphatic hydroxyl groups is 1. The number of hydrogen-bond acceptors (Lipinski definition) is 8. The van der Waals surface area contributed by atoms with Crippen LogP contribution in [-0.4, -0.2) is 63.3 Å². The molecule has 1 aliphatic rings. The van der Waals surface area contributed by atoms with E-state index in [0.717, 1.165) is 37.3 Å². The number of aromatic carboxylic acids is 1. The molecule has 192 valence electrons. The molecule has 0 bridgehead atoms. The van der Waals surface area contributed by atoms with Gasteiger partial charge in [-0.2, -0.15) is 5.10 Å². The number of rotatable bonds is 10. The predicted octanol–water partition coefficient (Wildman–Crippen LogP) is 2.62. The van der Waals surface area contributed by atoms with Crippen molar-refractivity contribution in [2.24, 2.45) is 5.73 Å². The minimum Gasteiger partial charge on any atom is -0.496 e. The molecule has 2 heterocycles. The van der Waals surface area contributed by atoms with Crippen LogP contribution in [0.15, 0.2) is 24.4 Å². The molecule has 1 aliphatic carbocycles. The van der Waals surface area contributed by atoms with E-state index in [0.29, 0.717) is 17.1 Å². The molecule has 11 nitrogen and oxygen atoms in total. The molecule has 11 heteroatoms. The average molecular weight is 499 g/mol. The highest BCUT2D eigenvalue weighted by Gasteiger charge is 2.29. The number of aromatic nitrogens is 3. The van der Waals surface area contributed by atoms with E-state index in [1.807, 2.05) is 6.92 Å². The second-order valence-corrected chi connectivity index (χ2v) is 8.89. The molecule has 0 unspecified atom stereocenters. The number of hydrogen-bond donors (Lipinski definition) is 3. The first-order valence-corrected chi connectivity index (χ1v) is 11.7. The van der Waals surface area contributed by atoms with Gasteiger partial charge in [0.2, 0.25) is 0 Å². The van der Waals surface area contributed by atoms with Gasteiger partial charge in [0.05, 0.1) is 38.6 Å². The number of aliphatic hydroxyl groups excluding tert-OH is 1. The Morgan fingerprint density at radius 2 is 1.81 bits per heavy atom. The number of carbonyl (C=O) groups is 2. The summed E-state index contributed by atoms with van der Waals surface area (Å²) in [6, 6.07) is 4.60. The number of carboxylic acid groups (broad SMARTS) is 1. The number of carbonyl (C=O) groups excluding carboxylic acids is 1. The Morgan fingerprint density at radius 3 is 2.36 bits per heavy atom. The van der Waals surface area contributed by atoms with Crippen molar-refractivity contribution >= 4 is 22.9 Å². The number of pyridine rings is 1. The molecule has 3 aromatic rings. The fourth-order valence-corrected chi connectivity index (χ4v) is 4.60. The number of benzene rings is 1. The third-order valence-corrected chi connectivity index (χ3v) is 6.51. The Balaban J connectivity index is 1.72. The van der Waals surface area contributed by atoms with Crippen LogP contribution in [0.5, 0.6) is 11.5 Å². The fourth-order valence-electron chi connectivity index (χ4n) is 4.60. The van der Waals surface area contributed by atoms with E-state index in [-0.39, 0.29) is 34.9 Å². The summed E-state index contributed by atoms with van der Waals surface area (Å²) < 4.78 is 18.7. The zero-order chi connectivity index (χ0) is 26.0. The summed E-state index contributed by atoms with van der Waals surface area (Å²) in [5.74, 6) is -0.954. The maximum Gasteiger partial charge on any atom is 0.338 e. The first-order chi connectivity index (χ1) is 17.2. The molecule has 1 amide bonds. The van der Waals surface area contributed by atoms with Crippen molar-refractivity contribution in [2.75, 3.05) is 14.2 Å². The van der Waals surface area contributed by atoms with Crippen molar-refractivity contribution in [1.82, 2.24) is 14.8 Å². The van der Waals surface area contributed by atoms with Crippen LogP contribution in [0.25, 0.3) is 11.0 Å². The molecule has 1 fully saturated rings. The molecule has 1 saturated carbocycles. The Hall–Kier alpha value is -3.70. The lowest BCUT2D eigenvalue weighted by atomic mass is 10.0. The van der Waals surface area contributed by atoms with E-state index < -0.39 is 24.1 Å². The highest BCUT2D eigenvalue weighted by molar-refractivity contribution is 6.04. The van der Waals surface area contributed by atoms with E-state index in [1.54, 1.807) is 26.4 Å². The van der Waals surface area contributed by atoms with Crippen molar-refractivity contribution in [3.63, 3.8) is 0 Å². The molecule has 4 rings (SSSR count). The molecular weight excluding hydrogens is 468 g/mol. The van der Waals surface area contributed by atoms with Gasteiger partial charge in [-0.15, -0.1) is 0 Å². The summed E-state index contributed by atoms with van der Waals surface area (Å²) >= 11 is 0. The second-order valence-electron chi connectivity index (χ2n) is 8.89. The van der Waals surface area contributed by atoms with E-state index >= 15 is 0 Å². The van der Waals surface area contributed by atoms with Gasteiger partial charge < -0.3 is 30.2 Å². The zero-order valence-corrected chi connectivity index (χ0v) is 20.4. The van der Waals surface area contributed by atoms with E-state index in [4.69, 9.17) is 19.9 Å². The van der Waals surface area contributed by atoms with Gasteiger partial charge in [-0.25, -0.2) is 9.78 Å². The van der Waals surface area contributed by atoms with Gasteiger partial charge in [0.25, 0.3) is 5.91 Å². The highest BCUT2D eigenvalue weighted by atomic mass is 16.5. The minimum atomic E-state index is -1.26. The van der Waals surface area contributed by atoms with Crippen molar-refractivity contribution in [3.8, 4) is 11.5 Å². The number of amides is 1. The quantitative estimate of drug-likeness (QED) is 0.382. The number of ether oxygens (including phenoxy) is 3. The predicted molar refractivity (Wildman–Crippen MR) is 129 cm³/mol. The largest absolute Gasteiger partial charge is 0.496 e. The molecule has 0 aliphatic heterocycles. The van der Waals surface area contributed by atoms with Crippen molar-refractivity contribution in [3.05, 3.63) is 46.8 Å². The smallest absolute Gasteiger partial charge is 0.338 e. The first kappa shape index (κ1) is 25.4. The molecule has 1 aromatic carbocycles. The SMILES string of the molecule is COc1cc([C@@H](O)[C@H](Cn2cc3nc(C(N)=O)cc(C(=O)O)c3n2)OC2CCCC2)cc(OC)c1C. The maximum atomic E-state index is 11.8. The fraction of sp³-hybridized carbons (Fsp3) is 0.440. The normalized spacial score (nSPS) is 15.7. The van der Waals surface area contributed by atoms with Crippen LogP contribution < -0.4 is 15.2 Å². The molecule has 0 spiro atoms. The summed E-state index contributed by atoms with van der Waals surface area (Å²) in [6.07, 6.45) is 3.59. The summed E-state index contributed by atoms with van der Waals surface area (Å²) in [5, 5.41) is 25.4. The topological polar surface area (TPSA) is 159 Å². The van der Waals surface area contributed by atoms with Crippen molar-refractivity contribution in [2.45, 2.75) is 57.5 Å². The number of primary amides is 1. The molecule has 4 N–H and O–H groups in total. The van der Waals surface area contributed by atoms with E-state index in [9.17, 15) is 19.8 Å². The molecule has 2 atom stereocenters. The highest BCUT2D eigenvalue weighted by Crippen LogP contribution is 2.35. The lowest BCUT2D eigenvalue weighted by Crippen LogP contribution is -2.31. The number of carboxylic acids is 1. The van der Waals surface area contributed by atoms with Crippen LogP contribution in [-0.2, 0) is 11.3 Å². The van der Waals surface area contributed by atoms with Gasteiger partial charge in [-0.05, 0) is 43.5 Å². The first-order valence-electron chi connectivity index (χ1n) is 11.7. The molecule has 2 aromatic heterocycles. The van der Waals surface area contributed by atoms with Crippen LogP contribution in [0, 0.1) is 6.92 Å². The van der Waals surface area contributed by atoms with Gasteiger partial charge in [0.15, 0.2) is 0 Å². The van der Waals surface area contributed by atoms with Crippen LogP contribution in [0.4, 0.5) is 0 Å². The Morgan fingerprint density at radius 1 is 1.17 bits per heavy atom. The zero-order valence-electron chi connectivity index (χ0n) is 20.4. The number of fused-ring (bicyclic) bond motifs is 1. The Kier molecular flexibility index (Phi) is 7.41. The van der Waals surface area contributed by atoms with Crippen LogP contribution in [0.2, 0.25) is 0 Å². The van der Waals surface area contributed by atoms with Crippen molar-refractivity contribution in [1.29, 1.82) is 0 Å². The number of nitrogens with two attached hydrogens (primary N) is 1. The molecule has 0 radical (unpaired) electrons. The standard InChI is InChI=1S/C25H30N4O7/c1-13-19(34-2)8-14(9-20(13)35-3)23(30)21(36-15-6-4-5-7-15)12-29-11-18-22(28-29)16(25(32)33)10-17(27-18)24(26)31/h8-11,15,21,23,30H,4-7,12H2,1-3H3,(H2,26,31)(H,32,33)/t21-,23+/m0/s1. The van der Waals surface area contributed by atoms with Crippen molar-refractivity contribution < 1.29 is 34.0 Å². The summed E-state index contributed by atoms with van der Waals surface area (Å²) in [7, 11) is 3.10. The monoisotopic (exact) mass is 498 g/mol. The lowest BCUT2D eigenvalue weighted by molar-refractivity contribution is -0.0845.